The zero-order valence-electron chi connectivity index (χ0n) is 16.7. The molecule has 3 aromatic carbocycles. The van der Waals surface area contributed by atoms with Gasteiger partial charge in [0.1, 0.15) is 5.75 Å². The Morgan fingerprint density at radius 3 is 2.30 bits per heavy atom. The number of anilines is 2. The Kier molecular flexibility index (Phi) is 6.35. The van der Waals surface area contributed by atoms with Crippen LogP contribution in [-0.4, -0.2) is 16.4 Å². The van der Waals surface area contributed by atoms with Crippen molar-refractivity contribution in [2.75, 3.05) is 17.5 Å². The van der Waals surface area contributed by atoms with E-state index in [1.807, 2.05) is 72.4 Å². The van der Waals surface area contributed by atoms with Gasteiger partial charge < -0.3 is 15.6 Å². The van der Waals surface area contributed by atoms with Crippen LogP contribution in [0.4, 0.5) is 11.4 Å². The Hall–Kier alpha value is -3.25. The molecule has 1 heterocycles. The van der Waals surface area contributed by atoms with E-state index in [2.05, 4.69) is 50.1 Å². The second-order valence-corrected chi connectivity index (χ2v) is 7.73. The predicted molar refractivity (Wildman–Crippen MR) is 126 cm³/mol. The fraction of sp³-hybridized carbons (Fsp3) is 0.125. The van der Waals surface area contributed by atoms with Crippen LogP contribution in [0.3, 0.4) is 0 Å². The SMILES string of the molecule is Cn1ncc(Br)c1-c1cc(NNc2ccccc2)ccc1OCCc1ccccc1. The lowest BCUT2D eigenvalue weighted by Crippen LogP contribution is -2.09. The molecule has 0 saturated heterocycles. The van der Waals surface area contributed by atoms with E-state index in [-0.39, 0.29) is 0 Å². The van der Waals surface area contributed by atoms with Crippen molar-refractivity contribution >= 4 is 27.3 Å². The molecular formula is C24H23BrN4O. The van der Waals surface area contributed by atoms with Crippen LogP contribution in [-0.2, 0) is 13.5 Å². The van der Waals surface area contributed by atoms with Gasteiger partial charge >= 0.3 is 0 Å². The van der Waals surface area contributed by atoms with Crippen LogP contribution in [0.15, 0.2) is 89.5 Å². The Balaban J connectivity index is 1.55. The number of halogens is 1. The monoisotopic (exact) mass is 462 g/mol. The van der Waals surface area contributed by atoms with Crippen LogP contribution in [0.25, 0.3) is 11.3 Å². The largest absolute Gasteiger partial charge is 0.493 e. The molecule has 4 rings (SSSR count). The molecule has 0 spiro atoms. The van der Waals surface area contributed by atoms with Gasteiger partial charge in [0.15, 0.2) is 0 Å². The number of hydrazine groups is 1. The summed E-state index contributed by atoms with van der Waals surface area (Å²) in [5, 5.41) is 4.36. The summed E-state index contributed by atoms with van der Waals surface area (Å²) in [7, 11) is 1.93. The lowest BCUT2D eigenvalue weighted by Gasteiger charge is -2.16. The first kappa shape index (κ1) is 20.0. The summed E-state index contributed by atoms with van der Waals surface area (Å²) < 4.78 is 8.95. The number of benzene rings is 3. The van der Waals surface area contributed by atoms with Gasteiger partial charge in [-0.3, -0.25) is 4.68 Å². The Morgan fingerprint density at radius 2 is 1.60 bits per heavy atom. The number of ether oxygens (including phenoxy) is 1. The average molecular weight is 463 g/mol. The van der Waals surface area contributed by atoms with Crippen molar-refractivity contribution in [2.45, 2.75) is 6.42 Å². The minimum Gasteiger partial charge on any atom is -0.493 e. The normalized spacial score (nSPS) is 10.6. The van der Waals surface area contributed by atoms with Gasteiger partial charge in [-0.2, -0.15) is 5.10 Å². The Bertz CT molecular complexity index is 1080. The number of hydrogen-bond acceptors (Lipinski definition) is 4. The van der Waals surface area contributed by atoms with E-state index in [1.54, 1.807) is 6.20 Å². The highest BCUT2D eigenvalue weighted by molar-refractivity contribution is 9.10. The van der Waals surface area contributed by atoms with Crippen molar-refractivity contribution in [1.29, 1.82) is 0 Å². The van der Waals surface area contributed by atoms with Gasteiger partial charge in [-0.25, -0.2) is 0 Å². The smallest absolute Gasteiger partial charge is 0.128 e. The maximum Gasteiger partial charge on any atom is 0.128 e. The third-order valence-electron chi connectivity index (χ3n) is 4.74. The first-order valence-electron chi connectivity index (χ1n) is 9.76. The summed E-state index contributed by atoms with van der Waals surface area (Å²) in [5.41, 5.74) is 11.6. The van der Waals surface area contributed by atoms with Gasteiger partial charge in [0.25, 0.3) is 0 Å². The number of nitrogens with zero attached hydrogens (tertiary/aromatic N) is 2. The van der Waals surface area contributed by atoms with E-state index in [0.29, 0.717) is 6.61 Å². The second kappa shape index (κ2) is 9.50. The lowest BCUT2D eigenvalue weighted by atomic mass is 10.1. The highest BCUT2D eigenvalue weighted by Crippen LogP contribution is 2.36. The third-order valence-corrected chi connectivity index (χ3v) is 5.33. The van der Waals surface area contributed by atoms with Crippen molar-refractivity contribution in [3.63, 3.8) is 0 Å². The molecule has 0 amide bonds. The molecule has 0 saturated carbocycles. The number of nitrogens with one attached hydrogen (secondary N) is 2. The van der Waals surface area contributed by atoms with Crippen LogP contribution in [0, 0.1) is 0 Å². The molecule has 0 fully saturated rings. The lowest BCUT2D eigenvalue weighted by molar-refractivity contribution is 0.323. The molecular weight excluding hydrogens is 440 g/mol. The molecule has 152 valence electrons. The number of aromatic nitrogens is 2. The van der Waals surface area contributed by atoms with Gasteiger partial charge in [0.2, 0.25) is 0 Å². The van der Waals surface area contributed by atoms with Crippen molar-refractivity contribution < 1.29 is 4.74 Å². The van der Waals surface area contributed by atoms with Crippen molar-refractivity contribution in [2.24, 2.45) is 7.05 Å². The van der Waals surface area contributed by atoms with E-state index in [9.17, 15) is 0 Å². The summed E-state index contributed by atoms with van der Waals surface area (Å²) in [5.74, 6) is 0.820. The topological polar surface area (TPSA) is 51.1 Å². The fourth-order valence-corrected chi connectivity index (χ4v) is 3.78. The maximum atomic E-state index is 6.18. The molecule has 0 unspecified atom stereocenters. The molecule has 5 nitrogen and oxygen atoms in total. The summed E-state index contributed by atoms with van der Waals surface area (Å²) in [6.07, 6.45) is 2.65. The third kappa shape index (κ3) is 4.83. The Morgan fingerprint density at radius 1 is 0.900 bits per heavy atom. The molecule has 0 bridgehead atoms. The van der Waals surface area contributed by atoms with Gasteiger partial charge in [-0.15, -0.1) is 0 Å². The van der Waals surface area contributed by atoms with Crippen LogP contribution in [0.1, 0.15) is 5.56 Å². The maximum absolute atomic E-state index is 6.18. The standard InChI is InChI=1S/C24H23BrN4O/c1-29-24(22(25)17-26-29)21-16-20(28-27-19-10-6-3-7-11-19)12-13-23(21)30-15-14-18-8-4-2-5-9-18/h2-13,16-17,27-28H,14-15H2,1H3. The zero-order valence-corrected chi connectivity index (χ0v) is 18.3. The van der Waals surface area contributed by atoms with E-state index in [4.69, 9.17) is 4.74 Å². The highest BCUT2D eigenvalue weighted by Gasteiger charge is 2.15. The minimum absolute atomic E-state index is 0.599. The number of hydrogen-bond donors (Lipinski definition) is 2. The first-order chi connectivity index (χ1) is 14.7. The summed E-state index contributed by atoms with van der Waals surface area (Å²) >= 11 is 3.62. The molecule has 6 heteroatoms. The minimum atomic E-state index is 0.599. The molecule has 0 atom stereocenters. The Labute approximate surface area is 184 Å². The molecule has 1 aromatic heterocycles. The quantitative estimate of drug-likeness (QED) is 0.319. The molecule has 0 aliphatic carbocycles. The zero-order chi connectivity index (χ0) is 20.8. The molecule has 0 aliphatic rings. The summed E-state index contributed by atoms with van der Waals surface area (Å²) in [6.45, 7) is 0.599. The van der Waals surface area contributed by atoms with Crippen LogP contribution in [0.5, 0.6) is 5.75 Å². The molecule has 0 radical (unpaired) electrons. The van der Waals surface area contributed by atoms with Crippen LogP contribution >= 0.6 is 15.9 Å². The molecule has 2 N–H and O–H groups in total. The van der Waals surface area contributed by atoms with Crippen molar-refractivity contribution in [1.82, 2.24) is 9.78 Å². The van der Waals surface area contributed by atoms with Gasteiger partial charge in [0.05, 0.1) is 34.3 Å². The molecule has 4 aromatic rings. The van der Waals surface area contributed by atoms with Crippen molar-refractivity contribution in [3.8, 4) is 17.0 Å². The van der Waals surface area contributed by atoms with Gasteiger partial charge in [-0.1, -0.05) is 48.5 Å². The number of para-hydroxylation sites is 1. The van der Waals surface area contributed by atoms with Gasteiger partial charge in [0, 0.05) is 19.0 Å². The fourth-order valence-electron chi connectivity index (χ4n) is 3.22. The summed E-state index contributed by atoms with van der Waals surface area (Å²) in [4.78, 5) is 0. The highest BCUT2D eigenvalue weighted by atomic mass is 79.9. The van der Waals surface area contributed by atoms with Crippen LogP contribution in [0.2, 0.25) is 0 Å². The number of aryl methyl sites for hydroxylation is 1. The van der Waals surface area contributed by atoms with Crippen LogP contribution < -0.4 is 15.6 Å². The summed E-state index contributed by atoms with van der Waals surface area (Å²) in [6, 6.07) is 26.4. The average Bonchev–Trinajstić information content (AvgIpc) is 3.12. The van der Waals surface area contributed by atoms with E-state index in [0.717, 1.165) is 39.3 Å². The first-order valence-corrected chi connectivity index (χ1v) is 10.6. The molecule has 0 aliphatic heterocycles. The van der Waals surface area contributed by atoms with E-state index >= 15 is 0 Å². The van der Waals surface area contributed by atoms with E-state index in [1.165, 1.54) is 5.56 Å². The van der Waals surface area contributed by atoms with Crippen molar-refractivity contribution in [3.05, 3.63) is 95.1 Å². The number of rotatable bonds is 8. The molecule has 30 heavy (non-hydrogen) atoms. The second-order valence-electron chi connectivity index (χ2n) is 6.88. The predicted octanol–water partition coefficient (Wildman–Crippen LogP) is 5.91. The van der Waals surface area contributed by atoms with E-state index < -0.39 is 0 Å². The van der Waals surface area contributed by atoms with Gasteiger partial charge in [-0.05, 0) is 51.8 Å².